The second-order valence-electron chi connectivity index (χ2n) is 12.2. The van der Waals surface area contributed by atoms with E-state index in [2.05, 4.69) is 84.2 Å². The van der Waals surface area contributed by atoms with Crippen LogP contribution in [0.15, 0.2) is 71.6 Å². The molecule has 40 heavy (non-hydrogen) atoms. The van der Waals surface area contributed by atoms with Gasteiger partial charge in [0.15, 0.2) is 0 Å². The number of nitrogens with one attached hydrogen (secondary N) is 2. The van der Waals surface area contributed by atoms with Crippen molar-refractivity contribution in [2.45, 2.75) is 82.6 Å². The van der Waals surface area contributed by atoms with Crippen LogP contribution in [0.3, 0.4) is 0 Å². The summed E-state index contributed by atoms with van der Waals surface area (Å²) >= 11 is 0. The van der Waals surface area contributed by atoms with Crippen LogP contribution in [0.25, 0.3) is 0 Å². The van der Waals surface area contributed by atoms with Crippen LogP contribution >= 0.6 is 9.39 Å². The molecular weight excluding hydrogens is 511 g/mol. The second-order valence-corrected chi connectivity index (χ2v) is 14.8. The summed E-state index contributed by atoms with van der Waals surface area (Å²) in [5, 5.41) is 4.03. The van der Waals surface area contributed by atoms with Gasteiger partial charge in [-0.25, -0.2) is 4.39 Å². The number of aryl methyl sites for hydroxylation is 3. The van der Waals surface area contributed by atoms with Gasteiger partial charge in [-0.2, -0.15) is 0 Å². The van der Waals surface area contributed by atoms with E-state index in [0.717, 1.165) is 23.8 Å². The van der Waals surface area contributed by atoms with Crippen molar-refractivity contribution in [3.63, 3.8) is 0 Å². The van der Waals surface area contributed by atoms with E-state index in [1.165, 1.54) is 62.3 Å². The van der Waals surface area contributed by atoms with Crippen LogP contribution in [0.1, 0.15) is 72.8 Å². The van der Waals surface area contributed by atoms with Gasteiger partial charge in [-0.1, -0.05) is 91.7 Å². The molecule has 5 rings (SSSR count). The van der Waals surface area contributed by atoms with Crippen molar-refractivity contribution in [1.29, 1.82) is 0 Å². The van der Waals surface area contributed by atoms with Crippen molar-refractivity contribution in [3.8, 4) is 0 Å². The van der Waals surface area contributed by atoms with Crippen LogP contribution in [-0.4, -0.2) is 31.4 Å². The molecule has 2 aliphatic carbocycles. The first-order valence-electron chi connectivity index (χ1n) is 15.0. The molecule has 2 atom stereocenters. The summed E-state index contributed by atoms with van der Waals surface area (Å²) in [5.41, 5.74) is 6.95. The van der Waals surface area contributed by atoms with E-state index in [4.69, 9.17) is 0 Å². The maximum Gasteiger partial charge on any atom is 0.137 e. The Morgan fingerprint density at radius 1 is 0.875 bits per heavy atom. The maximum atomic E-state index is 13.4. The minimum absolute atomic E-state index is 0.227. The highest BCUT2D eigenvalue weighted by atomic mass is 32.2. The topological polar surface area (TPSA) is 24.1 Å². The third-order valence-corrected chi connectivity index (χ3v) is 10.9. The molecule has 1 saturated carbocycles. The molecule has 2 nitrogen and oxygen atoms in total. The van der Waals surface area contributed by atoms with Crippen LogP contribution in [0.4, 0.5) is 4.39 Å². The van der Waals surface area contributed by atoms with Gasteiger partial charge in [0.25, 0.3) is 0 Å². The first kappa shape index (κ1) is 30.6. The minimum Gasteiger partial charge on any atom is -0.313 e. The lowest BCUT2D eigenvalue weighted by molar-refractivity contribution is 0.262. The van der Waals surface area contributed by atoms with Gasteiger partial charge in [0.2, 0.25) is 0 Å². The predicted octanol–water partition coefficient (Wildman–Crippen LogP) is 8.35. The van der Waals surface area contributed by atoms with Crippen molar-refractivity contribution >= 4 is 21.1 Å². The molecule has 0 bridgehead atoms. The van der Waals surface area contributed by atoms with Crippen molar-refractivity contribution in [3.05, 3.63) is 100 Å². The lowest BCUT2D eigenvalue weighted by atomic mass is 9.75. The van der Waals surface area contributed by atoms with Crippen LogP contribution in [0.2, 0.25) is 0 Å². The van der Waals surface area contributed by atoms with E-state index in [-0.39, 0.29) is 5.82 Å². The Hall–Kier alpha value is -2.40. The maximum absolute atomic E-state index is 13.4. The summed E-state index contributed by atoms with van der Waals surface area (Å²) in [6, 6.07) is 23.9. The Morgan fingerprint density at radius 2 is 1.55 bits per heavy atom. The van der Waals surface area contributed by atoms with Gasteiger partial charge >= 0.3 is 0 Å². The van der Waals surface area contributed by atoms with Gasteiger partial charge in [0.1, 0.15) is 5.82 Å². The molecule has 0 heterocycles. The zero-order valence-electron chi connectivity index (χ0n) is 25.0. The summed E-state index contributed by atoms with van der Waals surface area (Å²) in [6.45, 7) is 7.71. The quantitative estimate of drug-likeness (QED) is 0.284. The molecule has 0 spiro atoms. The monoisotopic (exact) mass is 560 g/mol. The molecule has 0 aliphatic heterocycles. The van der Waals surface area contributed by atoms with E-state index < -0.39 is 9.39 Å². The third kappa shape index (κ3) is 8.09. The van der Waals surface area contributed by atoms with Crippen LogP contribution in [0.5, 0.6) is 0 Å². The van der Waals surface area contributed by atoms with Gasteiger partial charge in [-0.3, -0.25) is 4.72 Å². The average Bonchev–Trinajstić information content (AvgIpc) is 2.94. The smallest absolute Gasteiger partial charge is 0.137 e. The Labute approximate surface area is 243 Å². The van der Waals surface area contributed by atoms with Crippen LogP contribution in [0, 0.1) is 31.5 Å². The molecule has 0 saturated heterocycles. The summed E-state index contributed by atoms with van der Waals surface area (Å²) in [4.78, 5) is 0.570. The fourth-order valence-electron chi connectivity index (χ4n) is 6.29. The predicted molar refractivity (Wildman–Crippen MR) is 176 cm³/mol. The molecule has 0 radical (unpaired) electrons. The highest BCUT2D eigenvalue weighted by Gasteiger charge is 2.30. The molecule has 216 valence electrons. The number of fused-ring (bicyclic) bond motifs is 1. The van der Waals surface area contributed by atoms with Crippen LogP contribution < -0.4 is 10.0 Å². The van der Waals surface area contributed by atoms with E-state index in [0.29, 0.717) is 16.9 Å². The Bertz CT molecular complexity index is 1340. The van der Waals surface area contributed by atoms with Gasteiger partial charge in [0, 0.05) is 16.9 Å². The normalized spacial score (nSPS) is 22.6. The van der Waals surface area contributed by atoms with E-state index in [1.54, 1.807) is 24.2 Å². The average molecular weight is 561 g/mol. The summed E-state index contributed by atoms with van der Waals surface area (Å²) < 4.78 is 16.4. The van der Waals surface area contributed by atoms with Crippen molar-refractivity contribution in [1.82, 2.24) is 10.0 Å². The van der Waals surface area contributed by atoms with E-state index in [1.807, 2.05) is 13.0 Å². The first-order chi connectivity index (χ1) is 19.2. The van der Waals surface area contributed by atoms with Gasteiger partial charge in [-0.05, 0) is 106 Å². The van der Waals surface area contributed by atoms with Gasteiger partial charge in [-0.15, -0.1) is 9.39 Å². The van der Waals surface area contributed by atoms with E-state index >= 15 is 0 Å². The molecule has 2 unspecified atom stereocenters. The van der Waals surface area contributed by atoms with Crippen LogP contribution in [-0.2, 0) is 12.8 Å². The SMILES string of the molecule is C=S(=C)(NC)c1ccc(C)cc1F.Cc1ccc2c(c1)CCC(NCC1CCC(C)CC1)C2Cc1ccccc1. The molecule has 0 amide bonds. The minimum atomic E-state index is -1.67. The molecule has 1 fully saturated rings. The Morgan fingerprint density at radius 3 is 2.23 bits per heavy atom. The summed E-state index contributed by atoms with van der Waals surface area (Å²) in [7, 11) is 0.0740. The second kappa shape index (κ2) is 14.0. The lowest BCUT2D eigenvalue weighted by Gasteiger charge is -2.36. The number of rotatable bonds is 7. The molecular formula is C36H49FN2S. The lowest BCUT2D eigenvalue weighted by Crippen LogP contribution is -2.42. The Balaban J connectivity index is 0.000000240. The largest absolute Gasteiger partial charge is 0.313 e. The number of hydrogen-bond donors (Lipinski definition) is 2. The molecule has 0 aromatic heterocycles. The molecule has 3 aromatic carbocycles. The number of benzene rings is 3. The zero-order chi connectivity index (χ0) is 28.7. The van der Waals surface area contributed by atoms with Gasteiger partial charge in [0.05, 0.1) is 0 Å². The molecule has 2 aliphatic rings. The van der Waals surface area contributed by atoms with Gasteiger partial charge < -0.3 is 5.32 Å². The van der Waals surface area contributed by atoms with Crippen molar-refractivity contribution in [2.24, 2.45) is 11.8 Å². The highest BCUT2D eigenvalue weighted by Crippen LogP contribution is 2.36. The summed E-state index contributed by atoms with van der Waals surface area (Å²) in [6.07, 6.45) is 9.33. The van der Waals surface area contributed by atoms with Crippen molar-refractivity contribution in [2.75, 3.05) is 13.6 Å². The summed E-state index contributed by atoms with van der Waals surface area (Å²) in [5.74, 6) is 9.94. The Kier molecular flexibility index (Phi) is 10.7. The van der Waals surface area contributed by atoms with Crippen molar-refractivity contribution < 1.29 is 4.39 Å². The third-order valence-electron chi connectivity index (χ3n) is 8.91. The molecule has 2 N–H and O–H groups in total. The fraction of sp³-hybridized carbons (Fsp3) is 0.444. The van der Waals surface area contributed by atoms with E-state index in [9.17, 15) is 4.39 Å². The number of halogens is 1. The first-order valence-corrected chi connectivity index (χ1v) is 16.9. The number of hydrogen-bond acceptors (Lipinski definition) is 2. The molecule has 4 heteroatoms. The highest BCUT2D eigenvalue weighted by molar-refractivity contribution is 8.26. The molecule has 3 aromatic rings. The zero-order valence-corrected chi connectivity index (χ0v) is 25.8. The fourth-order valence-corrected chi connectivity index (χ4v) is 7.27. The standard InChI is InChI=1S/C26H35N.C10H14FNS/c1-19-8-11-22(12-9-19)18-27-26-15-13-23-16-20(2)10-14-24(23)25(26)17-21-6-4-3-5-7-21;1-8-5-6-10(9(11)7-8)13(3,4)12-2/h3-7,10,14,16,19,22,25-27H,8-9,11-13,15,17-18H2,1-2H3;5-7,12H,3-4H2,1-2H3.